The summed E-state index contributed by atoms with van der Waals surface area (Å²) >= 11 is 0. The van der Waals surface area contributed by atoms with Crippen LogP contribution in [0.5, 0.6) is 0 Å². The largest absolute Gasteiger partial charge is 0.465 e. The van der Waals surface area contributed by atoms with Gasteiger partial charge < -0.3 is 14.4 Å². The molecule has 194 valence electrons. The van der Waals surface area contributed by atoms with Crippen molar-refractivity contribution in [2.75, 3.05) is 57.7 Å². The number of hydrogen-bond donors (Lipinski definition) is 0. The molecule has 2 fully saturated rings. The van der Waals surface area contributed by atoms with Gasteiger partial charge in [-0.05, 0) is 54.2 Å². The van der Waals surface area contributed by atoms with Crippen molar-refractivity contribution in [2.45, 2.75) is 25.3 Å². The molecule has 0 saturated carbocycles. The number of urea groups is 1. The van der Waals surface area contributed by atoms with Crippen LogP contribution >= 0.6 is 0 Å². The van der Waals surface area contributed by atoms with Gasteiger partial charge in [-0.1, -0.05) is 24.3 Å². The number of hydrogen-bond acceptors (Lipinski definition) is 6. The molecule has 0 aromatic heterocycles. The van der Waals surface area contributed by atoms with Crippen molar-refractivity contribution in [1.29, 1.82) is 0 Å². The predicted molar refractivity (Wildman–Crippen MR) is 137 cm³/mol. The lowest BCUT2D eigenvalue weighted by Crippen LogP contribution is -2.48. The normalized spacial score (nSPS) is 17.6. The molecule has 0 bridgehead atoms. The summed E-state index contributed by atoms with van der Waals surface area (Å²) < 4.78 is 35.5. The van der Waals surface area contributed by atoms with Crippen LogP contribution < -0.4 is 4.90 Å². The van der Waals surface area contributed by atoms with E-state index in [-0.39, 0.29) is 11.9 Å². The van der Waals surface area contributed by atoms with Gasteiger partial charge >= 0.3 is 12.0 Å². The minimum atomic E-state index is -3.19. The Labute approximate surface area is 212 Å². The Morgan fingerprint density at radius 3 is 2.31 bits per heavy atom. The van der Waals surface area contributed by atoms with Crippen molar-refractivity contribution in [3.8, 4) is 0 Å². The number of morpholine rings is 1. The summed E-state index contributed by atoms with van der Waals surface area (Å²) in [6.45, 7) is 3.40. The standard InChI is InChI=1S/C26H33N3O6S/c1-34-25(30)22-8-6-20(7-9-22)19-29(26(31)27-14-16-35-17-15-27)24-5-3-4-23(18-24)21-10-12-28(13-11-21)36(2,32)33/h3-9,18,21H,10-17,19H2,1-2H3. The molecule has 10 heteroatoms. The average Bonchev–Trinajstić information content (AvgIpc) is 2.91. The second kappa shape index (κ2) is 11.4. The minimum absolute atomic E-state index is 0.0978. The minimum Gasteiger partial charge on any atom is -0.465 e. The van der Waals surface area contributed by atoms with Crippen LogP contribution in [-0.2, 0) is 26.0 Å². The van der Waals surface area contributed by atoms with Gasteiger partial charge in [0.15, 0.2) is 0 Å². The van der Waals surface area contributed by atoms with Crippen LogP contribution in [0, 0.1) is 0 Å². The molecule has 0 unspecified atom stereocenters. The first-order valence-electron chi connectivity index (χ1n) is 12.1. The molecule has 0 N–H and O–H groups in total. The average molecular weight is 516 g/mol. The molecular weight excluding hydrogens is 482 g/mol. The summed E-state index contributed by atoms with van der Waals surface area (Å²) in [5.74, 6) is -0.181. The van der Waals surface area contributed by atoms with E-state index in [4.69, 9.17) is 9.47 Å². The Morgan fingerprint density at radius 2 is 1.69 bits per heavy atom. The van der Waals surface area contributed by atoms with Crippen LogP contribution in [0.3, 0.4) is 0 Å². The Bertz CT molecular complexity index is 1170. The van der Waals surface area contributed by atoms with Gasteiger partial charge in [-0.25, -0.2) is 22.3 Å². The van der Waals surface area contributed by atoms with E-state index in [9.17, 15) is 18.0 Å². The van der Waals surface area contributed by atoms with E-state index in [0.717, 1.165) is 29.7 Å². The number of carbonyl (C=O) groups excluding carboxylic acids is 2. The topological polar surface area (TPSA) is 96.5 Å². The smallest absolute Gasteiger partial charge is 0.337 e. The fourth-order valence-electron chi connectivity index (χ4n) is 4.71. The number of methoxy groups -OCH3 is 1. The molecule has 2 aromatic rings. The predicted octanol–water partition coefficient (Wildman–Crippen LogP) is 3.07. The number of amides is 2. The van der Waals surface area contributed by atoms with Gasteiger partial charge in [-0.3, -0.25) is 4.90 Å². The number of ether oxygens (including phenoxy) is 2. The van der Waals surface area contributed by atoms with Crippen molar-refractivity contribution < 1.29 is 27.5 Å². The molecule has 0 atom stereocenters. The quantitative estimate of drug-likeness (QED) is 0.549. The molecule has 2 aliphatic heterocycles. The Balaban J connectivity index is 1.57. The summed E-state index contributed by atoms with van der Waals surface area (Å²) in [5.41, 5.74) is 3.22. The highest BCUT2D eigenvalue weighted by Crippen LogP contribution is 2.32. The molecule has 0 spiro atoms. The summed E-state index contributed by atoms with van der Waals surface area (Å²) in [6, 6.07) is 14.9. The van der Waals surface area contributed by atoms with E-state index in [0.29, 0.717) is 51.5 Å². The number of sulfonamides is 1. The molecule has 0 aliphatic carbocycles. The zero-order chi connectivity index (χ0) is 25.7. The van der Waals surface area contributed by atoms with Crippen molar-refractivity contribution in [3.05, 3.63) is 65.2 Å². The van der Waals surface area contributed by atoms with E-state index in [1.165, 1.54) is 17.7 Å². The second-order valence-corrected chi connectivity index (χ2v) is 11.2. The molecule has 2 amide bonds. The van der Waals surface area contributed by atoms with Gasteiger partial charge in [0.1, 0.15) is 0 Å². The zero-order valence-electron chi connectivity index (χ0n) is 20.8. The maximum atomic E-state index is 13.6. The molecule has 2 saturated heterocycles. The zero-order valence-corrected chi connectivity index (χ0v) is 21.6. The molecule has 4 rings (SSSR count). The van der Waals surface area contributed by atoms with Crippen LogP contribution in [-0.4, -0.2) is 82.4 Å². The van der Waals surface area contributed by atoms with Crippen LogP contribution in [0.15, 0.2) is 48.5 Å². The third-order valence-corrected chi connectivity index (χ3v) is 8.11. The lowest BCUT2D eigenvalue weighted by molar-refractivity contribution is 0.0548. The van der Waals surface area contributed by atoms with Gasteiger partial charge in [-0.15, -0.1) is 0 Å². The summed E-state index contributed by atoms with van der Waals surface area (Å²) in [6.07, 6.45) is 2.73. The first-order valence-corrected chi connectivity index (χ1v) is 14.0. The Morgan fingerprint density at radius 1 is 1.03 bits per heavy atom. The molecule has 9 nitrogen and oxygen atoms in total. The van der Waals surface area contributed by atoms with Crippen molar-refractivity contribution in [2.24, 2.45) is 0 Å². The molecule has 2 aromatic carbocycles. The van der Waals surface area contributed by atoms with Crippen LogP contribution in [0.2, 0.25) is 0 Å². The summed E-state index contributed by atoms with van der Waals surface area (Å²) in [4.78, 5) is 29.0. The van der Waals surface area contributed by atoms with Crippen molar-refractivity contribution >= 4 is 27.7 Å². The third kappa shape index (κ3) is 6.24. The second-order valence-electron chi connectivity index (χ2n) is 9.19. The molecule has 2 aliphatic rings. The monoisotopic (exact) mass is 515 g/mol. The Kier molecular flexibility index (Phi) is 8.28. The number of carbonyl (C=O) groups is 2. The van der Waals surface area contributed by atoms with E-state index >= 15 is 0 Å². The maximum absolute atomic E-state index is 13.6. The van der Waals surface area contributed by atoms with Gasteiger partial charge in [0.25, 0.3) is 0 Å². The van der Waals surface area contributed by atoms with Crippen LogP contribution in [0.1, 0.15) is 40.2 Å². The SMILES string of the molecule is COC(=O)c1ccc(CN(C(=O)N2CCOCC2)c2cccc(C3CCN(S(C)(=O)=O)CC3)c2)cc1. The fraction of sp³-hybridized carbons (Fsp3) is 0.462. The highest BCUT2D eigenvalue weighted by Gasteiger charge is 2.28. The number of piperidine rings is 1. The molecule has 36 heavy (non-hydrogen) atoms. The molecule has 0 radical (unpaired) electrons. The summed E-state index contributed by atoms with van der Waals surface area (Å²) in [7, 11) is -1.84. The van der Waals surface area contributed by atoms with Crippen LogP contribution in [0.4, 0.5) is 10.5 Å². The maximum Gasteiger partial charge on any atom is 0.337 e. The first kappa shape index (κ1) is 26.1. The van der Waals surface area contributed by atoms with E-state index in [1.807, 2.05) is 36.4 Å². The van der Waals surface area contributed by atoms with Gasteiger partial charge in [0, 0.05) is 31.9 Å². The fourth-order valence-corrected chi connectivity index (χ4v) is 5.58. The third-order valence-electron chi connectivity index (χ3n) is 6.80. The van der Waals surface area contributed by atoms with Crippen molar-refractivity contribution in [3.63, 3.8) is 0 Å². The van der Waals surface area contributed by atoms with E-state index in [1.54, 1.807) is 21.9 Å². The van der Waals surface area contributed by atoms with Gasteiger partial charge in [-0.2, -0.15) is 0 Å². The lowest BCUT2D eigenvalue weighted by Gasteiger charge is -2.34. The van der Waals surface area contributed by atoms with E-state index in [2.05, 4.69) is 0 Å². The van der Waals surface area contributed by atoms with Gasteiger partial charge in [0.2, 0.25) is 10.0 Å². The highest BCUT2D eigenvalue weighted by molar-refractivity contribution is 7.88. The number of esters is 1. The Hall–Kier alpha value is -2.95. The van der Waals surface area contributed by atoms with Gasteiger partial charge in [0.05, 0.1) is 38.7 Å². The van der Waals surface area contributed by atoms with Crippen LogP contribution in [0.25, 0.3) is 0 Å². The van der Waals surface area contributed by atoms with E-state index < -0.39 is 16.0 Å². The number of benzene rings is 2. The lowest BCUT2D eigenvalue weighted by atomic mass is 9.90. The van der Waals surface area contributed by atoms with Crippen molar-refractivity contribution in [1.82, 2.24) is 9.21 Å². The highest BCUT2D eigenvalue weighted by atomic mass is 32.2. The summed E-state index contributed by atoms with van der Waals surface area (Å²) in [5, 5.41) is 0. The molecular formula is C26H33N3O6S. The first-order chi connectivity index (χ1) is 17.3. The molecule has 2 heterocycles. The number of nitrogens with zero attached hydrogens (tertiary/aromatic N) is 3. The number of anilines is 1. The number of rotatable bonds is 6.